The Morgan fingerprint density at radius 2 is 2.03 bits per heavy atom. The van der Waals surface area contributed by atoms with E-state index in [-0.39, 0.29) is 30.1 Å². The van der Waals surface area contributed by atoms with Gasteiger partial charge in [0.15, 0.2) is 0 Å². The molecule has 0 heterocycles. The highest BCUT2D eigenvalue weighted by atomic mass is 16.5. The number of aryl methyl sites for hydroxylation is 1. The van der Waals surface area contributed by atoms with Gasteiger partial charge in [-0.25, -0.2) is 0 Å². The molecule has 0 spiro atoms. The van der Waals surface area contributed by atoms with Crippen molar-refractivity contribution < 1.29 is 14.6 Å². The molecule has 0 amide bonds. The van der Waals surface area contributed by atoms with Gasteiger partial charge < -0.3 is 9.84 Å². The Kier molecular flexibility index (Phi) is 8.51. The Labute approximate surface area is 176 Å². The molecular weight excluding hydrogens is 362 g/mol. The molecule has 0 saturated heterocycles. The quantitative estimate of drug-likeness (QED) is 0.254. The van der Waals surface area contributed by atoms with E-state index in [1.54, 1.807) is 4.90 Å². The lowest BCUT2D eigenvalue weighted by Crippen LogP contribution is -2.26. The molecule has 2 rings (SSSR count). The number of rotatable bonds is 9. The number of likely N-dealkylation sites (N-methyl/N-ethyl adjacent to an activating group) is 1. The minimum Gasteiger partial charge on any atom is -0.507 e. The predicted octanol–water partition coefficient (Wildman–Crippen LogP) is 5.61. The highest BCUT2D eigenvalue weighted by molar-refractivity contribution is 5.75. The van der Waals surface area contributed by atoms with Crippen LogP contribution >= 0.6 is 0 Å². The van der Waals surface area contributed by atoms with Crippen LogP contribution in [-0.2, 0) is 11.2 Å². The van der Waals surface area contributed by atoms with E-state index in [1.807, 2.05) is 33.2 Å². The molecule has 1 aromatic rings. The molecule has 0 fully saturated rings. The van der Waals surface area contributed by atoms with Gasteiger partial charge in [0.1, 0.15) is 11.5 Å². The highest BCUT2D eigenvalue weighted by Gasteiger charge is 2.31. The first-order chi connectivity index (χ1) is 13.7. The summed E-state index contributed by atoms with van der Waals surface area (Å²) in [6, 6.07) is 3.80. The normalized spacial score (nSPS) is 19.2. The zero-order valence-electron chi connectivity index (χ0n) is 18.8. The van der Waals surface area contributed by atoms with Crippen LogP contribution in [-0.4, -0.2) is 36.6 Å². The van der Waals surface area contributed by atoms with Crippen LogP contribution in [0.3, 0.4) is 0 Å². The van der Waals surface area contributed by atoms with Crippen LogP contribution in [0.4, 0.5) is 0 Å². The van der Waals surface area contributed by atoms with Gasteiger partial charge in [-0.2, -0.15) is 0 Å². The number of hydrogen-bond acceptors (Lipinski definition) is 4. The Balaban J connectivity index is 2.48. The molecule has 0 radical (unpaired) electrons. The summed E-state index contributed by atoms with van der Waals surface area (Å²) >= 11 is 0. The minimum absolute atomic E-state index is 0.0342. The van der Waals surface area contributed by atoms with Crippen molar-refractivity contribution in [1.82, 2.24) is 4.90 Å². The molecule has 1 N–H and O–H groups in total. The summed E-state index contributed by atoms with van der Waals surface area (Å²) in [4.78, 5) is 14.2. The van der Waals surface area contributed by atoms with Gasteiger partial charge in [0, 0.05) is 11.5 Å². The van der Waals surface area contributed by atoms with Crippen LogP contribution in [0.15, 0.2) is 35.9 Å². The fraction of sp³-hybridized carbons (Fsp3) is 0.560. The number of carbonyl (C=O) groups is 1. The zero-order valence-corrected chi connectivity index (χ0v) is 18.8. The average molecular weight is 400 g/mol. The molecule has 1 aliphatic rings. The average Bonchev–Trinajstić information content (AvgIpc) is 2.60. The summed E-state index contributed by atoms with van der Waals surface area (Å²) in [6.45, 7) is 10.7. The second kappa shape index (κ2) is 10.6. The number of carbonyl (C=O) groups excluding carboxylic acids is 1. The van der Waals surface area contributed by atoms with E-state index in [2.05, 4.69) is 26.5 Å². The first kappa shape index (κ1) is 23.2. The van der Waals surface area contributed by atoms with Crippen LogP contribution < -0.4 is 4.74 Å². The fourth-order valence-corrected chi connectivity index (χ4v) is 4.13. The van der Waals surface area contributed by atoms with Gasteiger partial charge in [0.2, 0.25) is 0 Å². The first-order valence-corrected chi connectivity index (χ1v) is 10.8. The number of ether oxygens (including phenoxy) is 1. The zero-order chi connectivity index (χ0) is 21.6. The number of unbranched alkanes of at least 4 members (excludes halogenated alkanes) is 2. The summed E-state index contributed by atoms with van der Waals surface area (Å²) in [6.07, 6.45) is 8.42. The Morgan fingerprint density at radius 1 is 1.31 bits per heavy atom. The minimum atomic E-state index is -0.315. The van der Waals surface area contributed by atoms with E-state index < -0.39 is 0 Å². The van der Waals surface area contributed by atoms with Gasteiger partial charge in [0.05, 0.1) is 6.54 Å². The number of allylic oxidation sites excluding steroid dienone is 3. The highest BCUT2D eigenvalue weighted by Crippen LogP contribution is 2.47. The van der Waals surface area contributed by atoms with Gasteiger partial charge in [-0.15, -0.1) is 0 Å². The number of esters is 1. The van der Waals surface area contributed by atoms with Crippen molar-refractivity contribution in [1.29, 1.82) is 0 Å². The maximum atomic E-state index is 12.4. The molecule has 0 bridgehead atoms. The lowest BCUT2D eigenvalue weighted by molar-refractivity contribution is -0.135. The molecule has 160 valence electrons. The summed E-state index contributed by atoms with van der Waals surface area (Å²) in [5.74, 6) is 0.582. The van der Waals surface area contributed by atoms with E-state index in [4.69, 9.17) is 4.74 Å². The molecule has 0 saturated carbocycles. The molecule has 2 atom stereocenters. The second-order valence-corrected chi connectivity index (χ2v) is 8.73. The smallest absolute Gasteiger partial charge is 0.325 e. The van der Waals surface area contributed by atoms with Crippen molar-refractivity contribution >= 4 is 5.97 Å². The van der Waals surface area contributed by atoms with Gasteiger partial charge in [-0.05, 0) is 77.2 Å². The monoisotopic (exact) mass is 399 g/mol. The third kappa shape index (κ3) is 6.46. The lowest BCUT2D eigenvalue weighted by Gasteiger charge is -2.32. The van der Waals surface area contributed by atoms with E-state index in [0.29, 0.717) is 11.3 Å². The van der Waals surface area contributed by atoms with Crippen molar-refractivity contribution in [2.45, 2.75) is 65.2 Å². The maximum absolute atomic E-state index is 12.4. The summed E-state index contributed by atoms with van der Waals surface area (Å²) < 4.78 is 5.80. The number of nitrogens with zero attached hydrogens (tertiary/aromatic N) is 1. The van der Waals surface area contributed by atoms with Crippen LogP contribution in [0.2, 0.25) is 0 Å². The van der Waals surface area contributed by atoms with E-state index in [1.165, 1.54) is 5.57 Å². The van der Waals surface area contributed by atoms with Crippen molar-refractivity contribution in [2.24, 2.45) is 5.92 Å². The van der Waals surface area contributed by atoms with Crippen LogP contribution in [0.25, 0.3) is 0 Å². The molecule has 0 aliphatic heterocycles. The van der Waals surface area contributed by atoms with E-state index in [0.717, 1.165) is 49.7 Å². The van der Waals surface area contributed by atoms with Crippen LogP contribution in [0.5, 0.6) is 11.5 Å². The van der Waals surface area contributed by atoms with Gasteiger partial charge in [0.25, 0.3) is 0 Å². The molecule has 4 heteroatoms. The van der Waals surface area contributed by atoms with Gasteiger partial charge in [-0.1, -0.05) is 43.6 Å². The van der Waals surface area contributed by atoms with Gasteiger partial charge in [-0.3, -0.25) is 9.69 Å². The van der Waals surface area contributed by atoms with Crippen molar-refractivity contribution in [3.8, 4) is 11.5 Å². The largest absolute Gasteiger partial charge is 0.507 e. The molecule has 1 unspecified atom stereocenters. The molecule has 1 aliphatic carbocycles. The summed E-state index contributed by atoms with van der Waals surface area (Å²) in [7, 11) is 3.68. The maximum Gasteiger partial charge on any atom is 0.325 e. The number of aromatic hydroxyl groups is 1. The topological polar surface area (TPSA) is 49.8 Å². The number of hydrogen-bond donors (Lipinski definition) is 1. The van der Waals surface area contributed by atoms with E-state index in [9.17, 15) is 9.90 Å². The Bertz CT molecular complexity index is 764. The lowest BCUT2D eigenvalue weighted by atomic mass is 9.73. The number of phenolic OH excluding ortho intramolecular Hbond substituents is 1. The van der Waals surface area contributed by atoms with E-state index >= 15 is 0 Å². The molecule has 29 heavy (non-hydrogen) atoms. The third-order valence-electron chi connectivity index (χ3n) is 5.63. The predicted molar refractivity (Wildman–Crippen MR) is 120 cm³/mol. The van der Waals surface area contributed by atoms with Crippen LogP contribution in [0, 0.1) is 5.92 Å². The number of benzene rings is 1. The van der Waals surface area contributed by atoms with Crippen molar-refractivity contribution in [3.63, 3.8) is 0 Å². The summed E-state index contributed by atoms with van der Waals surface area (Å²) in [5, 5.41) is 11.0. The Morgan fingerprint density at radius 3 is 2.66 bits per heavy atom. The third-order valence-corrected chi connectivity index (χ3v) is 5.63. The first-order valence-electron chi connectivity index (χ1n) is 10.8. The molecule has 0 aromatic heterocycles. The molecule has 4 nitrogen and oxygen atoms in total. The second-order valence-electron chi connectivity index (χ2n) is 8.73. The fourth-order valence-electron chi connectivity index (χ4n) is 4.13. The molecule has 1 aromatic carbocycles. The number of phenols is 1. The standard InChI is InChI=1S/C25H37NO3/c1-7-8-9-10-19-14-22(27)25(23(15-19)29-24(28)16-26(5)6)21-13-18(4)11-12-20(21)17(2)3/h13-15,20-21,27H,2,7-12,16H2,1,3-6H3/t20?,21-/m1/s1. The Hall–Kier alpha value is -2.07. The summed E-state index contributed by atoms with van der Waals surface area (Å²) in [5.41, 5.74) is 4.11. The van der Waals surface area contributed by atoms with Crippen LogP contribution in [0.1, 0.15) is 69.9 Å². The van der Waals surface area contributed by atoms with Crippen molar-refractivity contribution in [3.05, 3.63) is 47.1 Å². The SMILES string of the molecule is C=C(C)C1CCC(C)=C[C@H]1c1c(O)cc(CCCCC)cc1OC(=O)CN(C)C. The molecular formula is C25H37NO3. The van der Waals surface area contributed by atoms with Crippen molar-refractivity contribution in [2.75, 3.05) is 20.6 Å². The van der Waals surface area contributed by atoms with Gasteiger partial charge >= 0.3 is 5.97 Å².